The molecule has 1 aliphatic rings. The van der Waals surface area contributed by atoms with Gasteiger partial charge in [0.05, 0.1) is 5.52 Å². The summed E-state index contributed by atoms with van der Waals surface area (Å²) in [4.78, 5) is 8.97. The first-order valence-electron chi connectivity index (χ1n) is 10.5. The van der Waals surface area contributed by atoms with Crippen molar-refractivity contribution in [3.63, 3.8) is 0 Å². The van der Waals surface area contributed by atoms with Crippen LogP contribution in [0.1, 0.15) is 51.5 Å². The quantitative estimate of drug-likeness (QED) is 0.590. The Kier molecular flexibility index (Phi) is 5.47. The Morgan fingerprint density at radius 1 is 0.964 bits per heavy atom. The molecule has 1 heterocycles. The lowest BCUT2D eigenvalue weighted by Gasteiger charge is -2.24. The van der Waals surface area contributed by atoms with E-state index in [1.807, 2.05) is 0 Å². The third-order valence-corrected chi connectivity index (χ3v) is 5.59. The maximum atomic E-state index is 5.97. The lowest BCUT2D eigenvalue weighted by Crippen LogP contribution is -2.23. The Bertz CT molecular complexity index is 941. The summed E-state index contributed by atoms with van der Waals surface area (Å²) < 4.78 is 0. The minimum absolute atomic E-state index is 0.330. The van der Waals surface area contributed by atoms with Gasteiger partial charge in [-0.05, 0) is 54.0 Å². The molecule has 1 saturated carbocycles. The van der Waals surface area contributed by atoms with Gasteiger partial charge in [0, 0.05) is 11.4 Å². The summed E-state index contributed by atoms with van der Waals surface area (Å²) in [6.45, 7) is 4.51. The number of nitrogen functional groups attached to an aromatic ring is 1. The van der Waals surface area contributed by atoms with Crippen molar-refractivity contribution in [3.05, 3.63) is 48.0 Å². The SMILES string of the molecule is CC(C)Cc1ccc(-c2ccc3nc(N)nc(NC4CCCCC4)c3c2)cc1. The highest BCUT2D eigenvalue weighted by atomic mass is 15.1. The van der Waals surface area contributed by atoms with Gasteiger partial charge in [0.1, 0.15) is 5.82 Å². The molecule has 1 fully saturated rings. The fraction of sp³-hybridized carbons (Fsp3) is 0.417. The molecule has 4 heteroatoms. The first-order valence-corrected chi connectivity index (χ1v) is 10.5. The molecule has 1 aliphatic carbocycles. The Hall–Kier alpha value is -2.62. The maximum absolute atomic E-state index is 5.97. The van der Waals surface area contributed by atoms with E-state index in [-0.39, 0.29) is 0 Å². The molecule has 3 N–H and O–H groups in total. The van der Waals surface area contributed by atoms with Crippen molar-refractivity contribution in [1.82, 2.24) is 9.97 Å². The lowest BCUT2D eigenvalue weighted by molar-refractivity contribution is 0.462. The summed E-state index contributed by atoms with van der Waals surface area (Å²) in [7, 11) is 0. The number of nitrogens with one attached hydrogen (secondary N) is 1. The molecule has 146 valence electrons. The number of fused-ring (bicyclic) bond motifs is 1. The molecule has 4 nitrogen and oxygen atoms in total. The summed E-state index contributed by atoms with van der Waals surface area (Å²) in [5.41, 5.74) is 10.7. The van der Waals surface area contributed by atoms with E-state index in [9.17, 15) is 0 Å². The smallest absolute Gasteiger partial charge is 0.222 e. The van der Waals surface area contributed by atoms with Gasteiger partial charge >= 0.3 is 0 Å². The Labute approximate surface area is 167 Å². The van der Waals surface area contributed by atoms with Gasteiger partial charge in [-0.15, -0.1) is 0 Å². The predicted molar refractivity (Wildman–Crippen MR) is 118 cm³/mol. The number of nitrogens with two attached hydrogens (primary N) is 1. The first-order chi connectivity index (χ1) is 13.6. The topological polar surface area (TPSA) is 63.8 Å². The average molecular weight is 375 g/mol. The molecule has 0 spiro atoms. The largest absolute Gasteiger partial charge is 0.368 e. The van der Waals surface area contributed by atoms with Crippen molar-refractivity contribution in [2.24, 2.45) is 5.92 Å². The summed E-state index contributed by atoms with van der Waals surface area (Å²) in [5.74, 6) is 1.87. The van der Waals surface area contributed by atoms with Gasteiger partial charge in [-0.25, -0.2) is 4.98 Å². The van der Waals surface area contributed by atoms with E-state index < -0.39 is 0 Å². The molecule has 4 rings (SSSR count). The van der Waals surface area contributed by atoms with Crippen molar-refractivity contribution in [2.45, 2.75) is 58.4 Å². The number of benzene rings is 2. The van der Waals surface area contributed by atoms with Crippen molar-refractivity contribution in [3.8, 4) is 11.1 Å². The van der Waals surface area contributed by atoms with Crippen molar-refractivity contribution < 1.29 is 0 Å². The van der Waals surface area contributed by atoms with Crippen LogP contribution in [0.25, 0.3) is 22.0 Å². The zero-order valence-electron chi connectivity index (χ0n) is 16.9. The molecule has 2 aromatic carbocycles. The lowest BCUT2D eigenvalue weighted by atomic mass is 9.95. The Balaban J connectivity index is 1.67. The first kappa shape index (κ1) is 18.7. The molecule has 0 amide bonds. The number of nitrogens with zero attached hydrogens (tertiary/aromatic N) is 2. The predicted octanol–water partition coefficient (Wildman–Crippen LogP) is 5.82. The van der Waals surface area contributed by atoms with Crippen molar-refractivity contribution in [1.29, 1.82) is 0 Å². The van der Waals surface area contributed by atoms with E-state index in [0.29, 0.717) is 17.9 Å². The molecule has 3 aromatic rings. The van der Waals surface area contributed by atoms with Crippen LogP contribution >= 0.6 is 0 Å². The van der Waals surface area contributed by atoms with E-state index in [4.69, 9.17) is 5.73 Å². The zero-order valence-corrected chi connectivity index (χ0v) is 16.9. The van der Waals surface area contributed by atoms with Crippen LogP contribution < -0.4 is 11.1 Å². The minimum atomic E-state index is 0.330. The number of hydrogen-bond acceptors (Lipinski definition) is 4. The van der Waals surface area contributed by atoms with E-state index in [2.05, 4.69) is 71.6 Å². The van der Waals surface area contributed by atoms with Gasteiger partial charge in [-0.3, -0.25) is 0 Å². The highest BCUT2D eigenvalue weighted by Crippen LogP contribution is 2.30. The molecule has 0 unspecified atom stereocenters. The fourth-order valence-electron chi connectivity index (χ4n) is 4.18. The standard InChI is InChI=1S/C24H30N4/c1-16(2)14-17-8-10-18(11-9-17)19-12-13-22-21(15-19)23(28-24(25)27-22)26-20-6-4-3-5-7-20/h8-13,15-16,20H,3-7,14H2,1-2H3,(H3,25,26,27,28). The van der Waals surface area contributed by atoms with E-state index >= 15 is 0 Å². The van der Waals surface area contributed by atoms with Crippen LogP contribution in [0.15, 0.2) is 42.5 Å². The van der Waals surface area contributed by atoms with Gasteiger partial charge in [-0.1, -0.05) is 63.4 Å². The second-order valence-corrected chi connectivity index (χ2v) is 8.44. The Morgan fingerprint density at radius 2 is 1.68 bits per heavy atom. The highest BCUT2D eigenvalue weighted by molar-refractivity contribution is 5.93. The van der Waals surface area contributed by atoms with Crippen LogP contribution in [0.5, 0.6) is 0 Å². The van der Waals surface area contributed by atoms with Gasteiger partial charge in [-0.2, -0.15) is 4.98 Å². The summed E-state index contributed by atoms with van der Waals surface area (Å²) >= 11 is 0. The number of hydrogen-bond donors (Lipinski definition) is 2. The van der Waals surface area contributed by atoms with Gasteiger partial charge in [0.15, 0.2) is 0 Å². The monoisotopic (exact) mass is 374 g/mol. The third kappa shape index (κ3) is 4.27. The maximum Gasteiger partial charge on any atom is 0.222 e. The normalized spacial score (nSPS) is 15.2. The molecular formula is C24H30N4. The van der Waals surface area contributed by atoms with Crippen LogP contribution in [0.4, 0.5) is 11.8 Å². The molecule has 0 atom stereocenters. The van der Waals surface area contributed by atoms with E-state index in [1.54, 1.807) is 0 Å². The molecule has 28 heavy (non-hydrogen) atoms. The Morgan fingerprint density at radius 3 is 2.39 bits per heavy atom. The second kappa shape index (κ2) is 8.17. The highest BCUT2D eigenvalue weighted by Gasteiger charge is 2.16. The molecule has 0 bridgehead atoms. The van der Waals surface area contributed by atoms with Crippen LogP contribution in [0.3, 0.4) is 0 Å². The van der Waals surface area contributed by atoms with Gasteiger partial charge in [0.2, 0.25) is 5.95 Å². The minimum Gasteiger partial charge on any atom is -0.368 e. The molecule has 0 aliphatic heterocycles. The summed E-state index contributed by atoms with van der Waals surface area (Å²) in [5, 5.41) is 4.69. The zero-order chi connectivity index (χ0) is 19.5. The number of aromatic nitrogens is 2. The van der Waals surface area contributed by atoms with Gasteiger partial charge < -0.3 is 11.1 Å². The van der Waals surface area contributed by atoms with Crippen LogP contribution in [-0.4, -0.2) is 16.0 Å². The average Bonchev–Trinajstić information content (AvgIpc) is 2.69. The molecule has 0 saturated heterocycles. The van der Waals surface area contributed by atoms with Crippen LogP contribution in [-0.2, 0) is 6.42 Å². The van der Waals surface area contributed by atoms with Crippen LogP contribution in [0, 0.1) is 5.92 Å². The third-order valence-electron chi connectivity index (χ3n) is 5.59. The number of rotatable bonds is 5. The molecule has 1 aromatic heterocycles. The summed E-state index contributed by atoms with van der Waals surface area (Å²) in [6, 6.07) is 15.7. The van der Waals surface area contributed by atoms with Gasteiger partial charge in [0.25, 0.3) is 0 Å². The molecular weight excluding hydrogens is 344 g/mol. The van der Waals surface area contributed by atoms with E-state index in [1.165, 1.54) is 48.8 Å². The van der Waals surface area contributed by atoms with Crippen molar-refractivity contribution in [2.75, 3.05) is 11.1 Å². The van der Waals surface area contributed by atoms with Crippen molar-refractivity contribution >= 4 is 22.7 Å². The second-order valence-electron chi connectivity index (χ2n) is 8.44. The van der Waals surface area contributed by atoms with E-state index in [0.717, 1.165) is 23.1 Å². The number of anilines is 2. The van der Waals surface area contributed by atoms with Crippen LogP contribution in [0.2, 0.25) is 0 Å². The fourth-order valence-corrected chi connectivity index (χ4v) is 4.18. The molecule has 0 radical (unpaired) electrons. The summed E-state index contributed by atoms with van der Waals surface area (Å²) in [6.07, 6.45) is 7.40.